The number of hydrogen-bond donors (Lipinski definition) is 1. The average Bonchev–Trinajstić information content (AvgIpc) is 3.57. The summed E-state index contributed by atoms with van der Waals surface area (Å²) in [6.07, 6.45) is 3.43. The van der Waals surface area contributed by atoms with E-state index in [1.54, 1.807) is 0 Å². The fraction of sp³-hybridized carbons (Fsp3) is 0.235. The monoisotopic (exact) mass is 637 g/mol. The van der Waals surface area contributed by atoms with Gasteiger partial charge >= 0.3 is 0 Å². The van der Waals surface area contributed by atoms with Crippen LogP contribution in [0, 0.1) is 11.6 Å². The van der Waals surface area contributed by atoms with Crippen molar-refractivity contribution >= 4 is 22.8 Å². The first-order valence-corrected chi connectivity index (χ1v) is 15.0. The van der Waals surface area contributed by atoms with Gasteiger partial charge in [0.25, 0.3) is 5.56 Å². The molecule has 0 bridgehead atoms. The maximum Gasteiger partial charge on any atom is 0.264 e. The van der Waals surface area contributed by atoms with Crippen molar-refractivity contribution in [3.63, 3.8) is 0 Å². The largest absolute Gasteiger partial charge is 0.368 e. The van der Waals surface area contributed by atoms with E-state index >= 15 is 0 Å². The highest BCUT2D eigenvalue weighted by molar-refractivity contribution is 5.95. The Hall–Kier alpha value is -5.56. The molecule has 2 aromatic carbocycles. The summed E-state index contributed by atoms with van der Waals surface area (Å²) >= 11 is 0. The number of rotatable bonds is 11. The SMILES string of the molecule is CN(C)Cc1ccc(Cc2nc(N)n(-c3ccc4c(cc(CCC(=O)c5cncn(Cc6ccc(F)c(F)c6)c5=O)n4C)n3)n2)cc1. The van der Waals surface area contributed by atoms with Crippen molar-refractivity contribution in [1.29, 1.82) is 0 Å². The van der Waals surface area contributed by atoms with E-state index < -0.39 is 17.2 Å². The fourth-order valence-corrected chi connectivity index (χ4v) is 5.50. The lowest BCUT2D eigenvalue weighted by molar-refractivity contribution is 0.0980. The number of hydrogen-bond acceptors (Lipinski definition) is 8. The quantitative estimate of drug-likeness (QED) is 0.211. The Bertz CT molecular complexity index is 2150. The van der Waals surface area contributed by atoms with E-state index in [2.05, 4.69) is 44.2 Å². The molecule has 0 spiro atoms. The number of carbonyl (C=O) groups excluding carboxylic acids is 1. The van der Waals surface area contributed by atoms with Gasteiger partial charge in [0.15, 0.2) is 29.1 Å². The van der Waals surface area contributed by atoms with Crippen LogP contribution < -0.4 is 11.3 Å². The standard InChI is InChI=1S/C34H33F2N9O2/c1-42(2)18-22-6-4-21(5-7-22)15-31-40-34(37)45(41-31)32-13-11-29-28(39-32)16-24(43(29)3)9-12-30(46)25-17-38-20-44(33(25)47)19-23-8-10-26(35)27(36)14-23/h4-8,10-11,13-14,16-17,20H,9,12,15,18-19H2,1-3H3,(H2,37,40,41). The number of anilines is 1. The van der Waals surface area contributed by atoms with Crippen LogP contribution in [0.4, 0.5) is 14.7 Å². The molecular formula is C34H33F2N9O2. The molecule has 4 aromatic heterocycles. The smallest absolute Gasteiger partial charge is 0.264 e. The minimum absolute atomic E-state index is 0.0523. The van der Waals surface area contributed by atoms with Gasteiger partial charge in [-0.15, -0.1) is 5.10 Å². The number of nitrogen functional groups attached to an aromatic ring is 1. The topological polar surface area (TPSA) is 130 Å². The highest BCUT2D eigenvalue weighted by Gasteiger charge is 2.17. The number of pyridine rings is 1. The van der Waals surface area contributed by atoms with Crippen LogP contribution in [0.1, 0.15) is 45.0 Å². The number of nitrogens with zero attached hydrogens (tertiary/aromatic N) is 8. The van der Waals surface area contributed by atoms with E-state index in [-0.39, 0.29) is 30.3 Å². The molecule has 0 aliphatic heterocycles. The molecule has 0 unspecified atom stereocenters. The van der Waals surface area contributed by atoms with Crippen molar-refractivity contribution in [2.24, 2.45) is 7.05 Å². The van der Waals surface area contributed by atoms with Crippen molar-refractivity contribution in [2.75, 3.05) is 19.8 Å². The fourth-order valence-electron chi connectivity index (χ4n) is 5.50. The lowest BCUT2D eigenvalue weighted by atomic mass is 10.1. The zero-order valence-corrected chi connectivity index (χ0v) is 26.2. The number of carbonyl (C=O) groups is 1. The van der Waals surface area contributed by atoms with Gasteiger partial charge in [-0.2, -0.15) is 9.67 Å². The summed E-state index contributed by atoms with van der Waals surface area (Å²) in [6, 6.07) is 17.3. The van der Waals surface area contributed by atoms with Gasteiger partial charge in [0.2, 0.25) is 5.95 Å². The number of halogens is 2. The van der Waals surface area contributed by atoms with Crippen LogP contribution in [0.15, 0.2) is 78.0 Å². The number of ketones is 1. The molecule has 0 aliphatic rings. The van der Waals surface area contributed by atoms with Crippen LogP contribution in [-0.4, -0.2) is 58.6 Å². The minimum atomic E-state index is -1.01. The number of aryl methyl sites for hydroxylation is 2. The predicted molar refractivity (Wildman–Crippen MR) is 173 cm³/mol. The molecule has 13 heteroatoms. The number of benzene rings is 2. The molecule has 0 saturated heterocycles. The highest BCUT2D eigenvalue weighted by Crippen LogP contribution is 2.22. The van der Waals surface area contributed by atoms with Crippen LogP contribution in [0.3, 0.4) is 0 Å². The first kappa shape index (κ1) is 31.4. The summed E-state index contributed by atoms with van der Waals surface area (Å²) in [6.45, 7) is 0.810. The van der Waals surface area contributed by atoms with Gasteiger partial charge in [-0.3, -0.25) is 14.2 Å². The number of aromatic nitrogens is 7. The van der Waals surface area contributed by atoms with Gasteiger partial charge in [0.1, 0.15) is 5.56 Å². The van der Waals surface area contributed by atoms with Crippen molar-refractivity contribution < 1.29 is 13.6 Å². The highest BCUT2D eigenvalue weighted by atomic mass is 19.2. The summed E-state index contributed by atoms with van der Waals surface area (Å²) in [5.74, 6) is -1.05. The molecular weight excluding hydrogens is 604 g/mol. The zero-order valence-electron chi connectivity index (χ0n) is 26.2. The second-order valence-corrected chi connectivity index (χ2v) is 11.7. The second-order valence-electron chi connectivity index (χ2n) is 11.7. The molecule has 0 radical (unpaired) electrons. The number of nitrogens with two attached hydrogens (primary N) is 1. The first-order valence-electron chi connectivity index (χ1n) is 15.0. The molecule has 240 valence electrons. The molecule has 0 atom stereocenters. The molecule has 11 nitrogen and oxygen atoms in total. The van der Waals surface area contributed by atoms with E-state index in [9.17, 15) is 18.4 Å². The van der Waals surface area contributed by atoms with Crippen molar-refractivity contribution in [3.8, 4) is 5.82 Å². The van der Waals surface area contributed by atoms with E-state index in [0.717, 1.165) is 35.5 Å². The summed E-state index contributed by atoms with van der Waals surface area (Å²) in [7, 11) is 5.95. The first-order chi connectivity index (χ1) is 22.5. The third-order valence-electron chi connectivity index (χ3n) is 7.91. The van der Waals surface area contributed by atoms with E-state index in [4.69, 9.17) is 10.7 Å². The van der Waals surface area contributed by atoms with Gasteiger partial charge in [-0.25, -0.2) is 18.7 Å². The van der Waals surface area contributed by atoms with Gasteiger partial charge in [-0.1, -0.05) is 30.3 Å². The average molecular weight is 638 g/mol. The number of fused-ring (bicyclic) bond motifs is 1. The molecule has 6 rings (SSSR count). The molecule has 0 aliphatic carbocycles. The molecule has 2 N–H and O–H groups in total. The second kappa shape index (κ2) is 13.0. The third-order valence-corrected chi connectivity index (χ3v) is 7.91. The zero-order chi connectivity index (χ0) is 33.2. The predicted octanol–water partition coefficient (Wildman–Crippen LogP) is 4.09. The Labute approximate surface area is 268 Å². The molecule has 0 amide bonds. The summed E-state index contributed by atoms with van der Waals surface area (Å²) in [5.41, 5.74) is 10.7. The van der Waals surface area contributed by atoms with Crippen LogP contribution in [0.25, 0.3) is 16.9 Å². The summed E-state index contributed by atoms with van der Waals surface area (Å²) in [5, 5.41) is 4.61. The Morgan fingerprint density at radius 1 is 0.936 bits per heavy atom. The van der Waals surface area contributed by atoms with Gasteiger partial charge in [0, 0.05) is 38.3 Å². The van der Waals surface area contributed by atoms with Gasteiger partial charge < -0.3 is 15.2 Å². The molecule has 4 heterocycles. The van der Waals surface area contributed by atoms with Crippen LogP contribution in [0.5, 0.6) is 0 Å². The van der Waals surface area contributed by atoms with Gasteiger partial charge in [0.05, 0.1) is 23.9 Å². The molecule has 47 heavy (non-hydrogen) atoms. The molecule has 0 fully saturated rings. The molecule has 6 aromatic rings. The van der Waals surface area contributed by atoms with E-state index in [1.807, 2.05) is 43.9 Å². The summed E-state index contributed by atoms with van der Waals surface area (Å²) < 4.78 is 31.6. The van der Waals surface area contributed by atoms with Crippen molar-refractivity contribution in [1.82, 2.24) is 38.8 Å². The number of Topliss-reactive ketones (excluding diaryl/α,β-unsaturated/α-hetero) is 1. The third kappa shape index (κ3) is 6.84. The lowest BCUT2D eigenvalue weighted by Gasteiger charge is -2.09. The summed E-state index contributed by atoms with van der Waals surface area (Å²) in [4.78, 5) is 41.5. The lowest BCUT2D eigenvalue weighted by Crippen LogP contribution is -2.27. The van der Waals surface area contributed by atoms with Crippen LogP contribution in [-0.2, 0) is 33.0 Å². The Morgan fingerprint density at radius 2 is 1.68 bits per heavy atom. The van der Waals surface area contributed by atoms with E-state index in [0.29, 0.717) is 35.6 Å². The van der Waals surface area contributed by atoms with E-state index in [1.165, 1.54) is 33.4 Å². The maximum atomic E-state index is 13.6. The molecule has 0 saturated carbocycles. The Balaban J connectivity index is 1.15. The Kier molecular flexibility index (Phi) is 8.72. The van der Waals surface area contributed by atoms with Crippen molar-refractivity contribution in [3.05, 3.63) is 129 Å². The van der Waals surface area contributed by atoms with Gasteiger partial charge in [-0.05, 0) is 67.5 Å². The maximum absolute atomic E-state index is 13.6. The van der Waals surface area contributed by atoms with Crippen LogP contribution in [0.2, 0.25) is 0 Å². The minimum Gasteiger partial charge on any atom is -0.368 e. The van der Waals surface area contributed by atoms with Crippen molar-refractivity contribution in [2.45, 2.75) is 32.4 Å². The van der Waals surface area contributed by atoms with Crippen LogP contribution >= 0.6 is 0 Å². The normalized spacial score (nSPS) is 11.5. The Morgan fingerprint density at radius 3 is 2.43 bits per heavy atom.